The summed E-state index contributed by atoms with van der Waals surface area (Å²) in [5, 5.41) is 15.0. The van der Waals surface area contributed by atoms with Crippen LogP contribution < -0.4 is 9.47 Å². The fourth-order valence-corrected chi connectivity index (χ4v) is 2.38. The number of benzene rings is 1. The predicted molar refractivity (Wildman–Crippen MR) is 69.5 cm³/mol. The van der Waals surface area contributed by atoms with E-state index < -0.39 is 6.10 Å². The van der Waals surface area contributed by atoms with Gasteiger partial charge in [-0.05, 0) is 24.6 Å². The molecule has 0 radical (unpaired) electrons. The summed E-state index contributed by atoms with van der Waals surface area (Å²) in [4.78, 5) is 0. The summed E-state index contributed by atoms with van der Waals surface area (Å²) in [5.74, 6) is 1.32. The zero-order chi connectivity index (χ0) is 13.4. The number of aliphatic hydroxyl groups excluding tert-OH is 1. The van der Waals surface area contributed by atoms with Gasteiger partial charge in [0.1, 0.15) is 6.10 Å². The van der Waals surface area contributed by atoms with E-state index in [0.29, 0.717) is 34.3 Å². The first-order valence-electron chi connectivity index (χ1n) is 5.99. The molecule has 3 rings (SSSR count). The molecule has 0 fully saturated rings. The summed E-state index contributed by atoms with van der Waals surface area (Å²) in [5.41, 5.74) is 1.28. The molecule has 0 spiro atoms. The fraction of sp³-hybridized carbons (Fsp3) is 0.308. The number of aryl methyl sites for hydroxylation is 1. The average Bonchev–Trinajstić information content (AvgIpc) is 3.02. The van der Waals surface area contributed by atoms with Crippen molar-refractivity contribution in [2.45, 2.75) is 19.6 Å². The Morgan fingerprint density at radius 2 is 2.21 bits per heavy atom. The number of ether oxygens (including phenoxy) is 2. The number of hydrogen-bond donors (Lipinski definition) is 1. The maximum absolute atomic E-state index is 10.5. The summed E-state index contributed by atoms with van der Waals surface area (Å²) in [6, 6.07) is 5.33. The topological polar surface area (TPSA) is 56.5 Å². The summed E-state index contributed by atoms with van der Waals surface area (Å²) in [6.45, 7) is 2.80. The van der Waals surface area contributed by atoms with Crippen molar-refractivity contribution in [1.29, 1.82) is 0 Å². The van der Waals surface area contributed by atoms with E-state index in [0.717, 1.165) is 0 Å². The zero-order valence-corrected chi connectivity index (χ0v) is 11.1. The van der Waals surface area contributed by atoms with Gasteiger partial charge in [-0.15, -0.1) is 0 Å². The summed E-state index contributed by atoms with van der Waals surface area (Å²) in [7, 11) is 0. The molecular formula is C13H13ClN2O3. The maximum atomic E-state index is 10.5. The van der Waals surface area contributed by atoms with Gasteiger partial charge in [0.2, 0.25) is 6.79 Å². The number of rotatable bonds is 3. The quantitative estimate of drug-likeness (QED) is 0.938. The minimum atomic E-state index is -0.843. The van der Waals surface area contributed by atoms with Crippen LogP contribution in [0.15, 0.2) is 24.4 Å². The molecule has 1 unspecified atom stereocenters. The van der Waals surface area contributed by atoms with Gasteiger partial charge in [-0.1, -0.05) is 17.7 Å². The zero-order valence-electron chi connectivity index (χ0n) is 10.3. The third kappa shape index (κ3) is 2.05. The van der Waals surface area contributed by atoms with Gasteiger partial charge >= 0.3 is 0 Å². The molecule has 2 aromatic rings. The van der Waals surface area contributed by atoms with E-state index in [1.807, 2.05) is 6.92 Å². The Bertz CT molecular complexity index is 612. The standard InChI is InChI=1S/C13H13ClN2O3/c1-2-16-12(9(14)6-15-16)13(17)8-3-4-10-11(5-8)19-7-18-10/h3-6,13,17H,2,7H2,1H3. The second-order valence-electron chi connectivity index (χ2n) is 4.21. The minimum absolute atomic E-state index is 0.211. The van der Waals surface area contributed by atoms with Crippen LogP contribution in [0.1, 0.15) is 24.3 Å². The van der Waals surface area contributed by atoms with E-state index in [2.05, 4.69) is 5.10 Å². The predicted octanol–water partition coefficient (Wildman–Crippen LogP) is 2.37. The smallest absolute Gasteiger partial charge is 0.231 e. The highest BCUT2D eigenvalue weighted by atomic mass is 35.5. The number of aliphatic hydroxyl groups is 1. The molecule has 100 valence electrons. The minimum Gasteiger partial charge on any atom is -0.454 e. The summed E-state index contributed by atoms with van der Waals surface area (Å²) >= 11 is 6.09. The van der Waals surface area contributed by atoms with Gasteiger partial charge in [-0.2, -0.15) is 5.10 Å². The highest BCUT2D eigenvalue weighted by Crippen LogP contribution is 2.36. The third-order valence-electron chi connectivity index (χ3n) is 3.10. The van der Waals surface area contributed by atoms with Crippen molar-refractivity contribution in [2.24, 2.45) is 0 Å². The van der Waals surface area contributed by atoms with Crippen molar-refractivity contribution in [3.63, 3.8) is 0 Å². The van der Waals surface area contributed by atoms with Crippen LogP contribution in [-0.2, 0) is 6.54 Å². The third-order valence-corrected chi connectivity index (χ3v) is 3.40. The van der Waals surface area contributed by atoms with Crippen LogP contribution in [0.3, 0.4) is 0 Å². The molecule has 1 aliphatic rings. The Kier molecular flexibility index (Phi) is 3.08. The SMILES string of the molecule is CCn1ncc(Cl)c1C(O)c1ccc2c(c1)OCO2. The number of halogens is 1. The Morgan fingerprint density at radius 1 is 1.42 bits per heavy atom. The average molecular weight is 281 g/mol. The number of nitrogens with zero attached hydrogens (tertiary/aromatic N) is 2. The van der Waals surface area contributed by atoms with Gasteiger partial charge in [0.25, 0.3) is 0 Å². The molecule has 5 nitrogen and oxygen atoms in total. The van der Waals surface area contributed by atoms with Crippen molar-refractivity contribution in [2.75, 3.05) is 6.79 Å². The second kappa shape index (κ2) is 4.75. The van der Waals surface area contributed by atoms with Crippen LogP contribution in [0.25, 0.3) is 0 Å². The largest absolute Gasteiger partial charge is 0.454 e. The van der Waals surface area contributed by atoms with Crippen LogP contribution in [0.4, 0.5) is 0 Å². The number of aromatic nitrogens is 2. The van der Waals surface area contributed by atoms with Gasteiger partial charge in [-0.25, -0.2) is 0 Å². The van der Waals surface area contributed by atoms with Crippen molar-refractivity contribution in [1.82, 2.24) is 9.78 Å². The van der Waals surface area contributed by atoms with E-state index in [4.69, 9.17) is 21.1 Å². The molecule has 19 heavy (non-hydrogen) atoms. The molecule has 0 saturated carbocycles. The first kappa shape index (κ1) is 12.3. The number of hydrogen-bond acceptors (Lipinski definition) is 4. The molecule has 1 aliphatic heterocycles. The van der Waals surface area contributed by atoms with Gasteiger partial charge in [0.15, 0.2) is 11.5 Å². The summed E-state index contributed by atoms with van der Waals surface area (Å²) < 4.78 is 12.2. The lowest BCUT2D eigenvalue weighted by atomic mass is 10.1. The van der Waals surface area contributed by atoms with Crippen LogP contribution in [-0.4, -0.2) is 21.7 Å². The lowest BCUT2D eigenvalue weighted by Crippen LogP contribution is -2.09. The second-order valence-corrected chi connectivity index (χ2v) is 4.62. The van der Waals surface area contributed by atoms with Crippen LogP contribution in [0, 0.1) is 0 Å². The van der Waals surface area contributed by atoms with Gasteiger partial charge in [0, 0.05) is 6.54 Å². The van der Waals surface area contributed by atoms with Crippen LogP contribution in [0.5, 0.6) is 11.5 Å². The molecular weight excluding hydrogens is 268 g/mol. The van der Waals surface area contributed by atoms with Crippen LogP contribution >= 0.6 is 11.6 Å². The maximum Gasteiger partial charge on any atom is 0.231 e. The van der Waals surface area contributed by atoms with Crippen molar-refractivity contribution < 1.29 is 14.6 Å². The molecule has 6 heteroatoms. The highest BCUT2D eigenvalue weighted by Gasteiger charge is 2.22. The molecule has 0 saturated heterocycles. The normalized spacial score (nSPS) is 14.7. The van der Waals surface area contributed by atoms with Gasteiger partial charge in [-0.3, -0.25) is 4.68 Å². The lowest BCUT2D eigenvalue weighted by Gasteiger charge is -2.14. The first-order chi connectivity index (χ1) is 9.20. The lowest BCUT2D eigenvalue weighted by molar-refractivity contribution is 0.173. The molecule has 1 N–H and O–H groups in total. The van der Waals surface area contributed by atoms with Crippen molar-refractivity contribution >= 4 is 11.6 Å². The Labute approximate surface area is 115 Å². The molecule has 0 amide bonds. The van der Waals surface area contributed by atoms with E-state index in [1.54, 1.807) is 22.9 Å². The Hall–Kier alpha value is -1.72. The van der Waals surface area contributed by atoms with Crippen molar-refractivity contribution in [3.05, 3.63) is 40.7 Å². The van der Waals surface area contributed by atoms with E-state index in [9.17, 15) is 5.11 Å². The fourth-order valence-electron chi connectivity index (χ4n) is 2.14. The van der Waals surface area contributed by atoms with Gasteiger partial charge in [0.05, 0.1) is 16.9 Å². The molecule has 1 aromatic heterocycles. The van der Waals surface area contributed by atoms with Crippen LogP contribution in [0.2, 0.25) is 5.02 Å². The molecule has 1 atom stereocenters. The molecule has 2 heterocycles. The number of fused-ring (bicyclic) bond motifs is 1. The van der Waals surface area contributed by atoms with Gasteiger partial charge < -0.3 is 14.6 Å². The van der Waals surface area contributed by atoms with E-state index >= 15 is 0 Å². The summed E-state index contributed by atoms with van der Waals surface area (Å²) in [6.07, 6.45) is 0.695. The molecule has 0 aliphatic carbocycles. The Balaban J connectivity index is 1.99. The molecule has 0 bridgehead atoms. The van der Waals surface area contributed by atoms with Crippen molar-refractivity contribution in [3.8, 4) is 11.5 Å². The monoisotopic (exact) mass is 280 g/mol. The first-order valence-corrected chi connectivity index (χ1v) is 6.37. The Morgan fingerprint density at radius 3 is 3.00 bits per heavy atom. The highest BCUT2D eigenvalue weighted by molar-refractivity contribution is 6.31. The van der Waals surface area contributed by atoms with E-state index in [-0.39, 0.29) is 6.79 Å². The van der Waals surface area contributed by atoms with E-state index in [1.165, 1.54) is 6.20 Å². The molecule has 1 aromatic carbocycles.